The molecule has 2 aromatic rings. The van der Waals surface area contributed by atoms with Gasteiger partial charge in [0.15, 0.2) is 0 Å². The van der Waals surface area contributed by atoms with Crippen LogP contribution >= 0.6 is 11.6 Å². The van der Waals surface area contributed by atoms with E-state index >= 15 is 0 Å². The largest absolute Gasteiger partial charge is 0.466 e. The predicted molar refractivity (Wildman–Crippen MR) is 84.4 cm³/mol. The molecule has 1 atom stereocenters. The van der Waals surface area contributed by atoms with Gasteiger partial charge in [-0.05, 0) is 23.3 Å². The van der Waals surface area contributed by atoms with E-state index in [2.05, 4.69) is 16.4 Å². The van der Waals surface area contributed by atoms with Gasteiger partial charge in [0.05, 0.1) is 19.4 Å². The number of esters is 1. The van der Waals surface area contributed by atoms with E-state index in [1.54, 1.807) is 29.1 Å². The molecule has 2 rings (SSSR count). The number of ether oxygens (including phenoxy) is 1. The van der Waals surface area contributed by atoms with E-state index in [0.717, 1.165) is 11.1 Å². The molecule has 0 aliphatic heterocycles. The van der Waals surface area contributed by atoms with E-state index in [0.29, 0.717) is 10.6 Å². The number of rotatable bonds is 5. The summed E-state index contributed by atoms with van der Waals surface area (Å²) in [5.74, 6) is -0.532. The van der Waals surface area contributed by atoms with Crippen molar-refractivity contribution < 1.29 is 14.6 Å². The Bertz CT molecular complexity index is 709. The molecule has 0 saturated carbocycles. The average molecular weight is 321 g/mol. The average Bonchev–Trinajstić information content (AvgIpc) is 2.92. The molecule has 0 radical (unpaired) electrons. The highest BCUT2D eigenvalue weighted by Crippen LogP contribution is 2.33. The Morgan fingerprint density at radius 3 is 2.86 bits per heavy atom. The van der Waals surface area contributed by atoms with Crippen molar-refractivity contribution in [3.05, 3.63) is 53.3 Å². The molecule has 116 valence electrons. The lowest BCUT2D eigenvalue weighted by Gasteiger charge is -2.16. The summed E-state index contributed by atoms with van der Waals surface area (Å²) in [4.78, 5) is 11.4. The van der Waals surface area contributed by atoms with Gasteiger partial charge in [0.1, 0.15) is 0 Å². The SMILES string of the molecule is C=C(CC(O)c1ccc(Cl)cc1-c1cnn(C)c1)C(=O)OC. The summed E-state index contributed by atoms with van der Waals surface area (Å²) in [5.41, 5.74) is 2.47. The Hall–Kier alpha value is -2.11. The van der Waals surface area contributed by atoms with E-state index in [1.807, 2.05) is 13.2 Å². The lowest BCUT2D eigenvalue weighted by atomic mass is 9.95. The fraction of sp³-hybridized carbons (Fsp3) is 0.250. The molecular weight excluding hydrogens is 304 g/mol. The maximum absolute atomic E-state index is 11.4. The number of hydrogen-bond acceptors (Lipinski definition) is 4. The number of aliphatic hydroxyl groups is 1. The topological polar surface area (TPSA) is 64.4 Å². The minimum atomic E-state index is -0.890. The number of nitrogens with zero attached hydrogens (tertiary/aromatic N) is 2. The van der Waals surface area contributed by atoms with Crippen LogP contribution in [0.2, 0.25) is 5.02 Å². The second-order valence-corrected chi connectivity index (χ2v) is 5.39. The summed E-state index contributed by atoms with van der Waals surface area (Å²) in [6.07, 6.45) is 2.72. The van der Waals surface area contributed by atoms with Crippen LogP contribution in [0.15, 0.2) is 42.7 Å². The minimum Gasteiger partial charge on any atom is -0.466 e. The molecule has 1 N–H and O–H groups in total. The first-order valence-corrected chi connectivity index (χ1v) is 7.02. The molecule has 0 bridgehead atoms. The third kappa shape index (κ3) is 3.55. The first-order chi connectivity index (χ1) is 10.4. The molecule has 5 nitrogen and oxygen atoms in total. The third-order valence-electron chi connectivity index (χ3n) is 3.30. The number of aryl methyl sites for hydroxylation is 1. The highest BCUT2D eigenvalue weighted by atomic mass is 35.5. The van der Waals surface area contributed by atoms with Gasteiger partial charge >= 0.3 is 5.97 Å². The summed E-state index contributed by atoms with van der Waals surface area (Å²) in [6, 6.07) is 5.19. The van der Waals surface area contributed by atoms with Crippen LogP contribution in [0.1, 0.15) is 18.1 Å². The molecule has 0 aliphatic carbocycles. The fourth-order valence-corrected chi connectivity index (χ4v) is 2.37. The van der Waals surface area contributed by atoms with Crippen molar-refractivity contribution in [1.82, 2.24) is 9.78 Å². The van der Waals surface area contributed by atoms with E-state index < -0.39 is 12.1 Å². The van der Waals surface area contributed by atoms with Crippen LogP contribution in [0.25, 0.3) is 11.1 Å². The van der Waals surface area contributed by atoms with Crippen LogP contribution in [0.5, 0.6) is 0 Å². The molecule has 0 fully saturated rings. The third-order valence-corrected chi connectivity index (χ3v) is 3.54. The molecule has 0 amide bonds. The van der Waals surface area contributed by atoms with Gasteiger partial charge in [0.2, 0.25) is 0 Å². The molecule has 1 aromatic heterocycles. The van der Waals surface area contributed by atoms with Gasteiger partial charge in [-0.25, -0.2) is 4.79 Å². The Kier molecular flexibility index (Phi) is 5.00. The lowest BCUT2D eigenvalue weighted by molar-refractivity contribution is -0.136. The number of aliphatic hydroxyl groups excluding tert-OH is 1. The van der Waals surface area contributed by atoms with E-state index in [1.165, 1.54) is 7.11 Å². The van der Waals surface area contributed by atoms with Crippen LogP contribution in [0, 0.1) is 0 Å². The van der Waals surface area contributed by atoms with Gasteiger partial charge in [-0.1, -0.05) is 24.2 Å². The molecule has 6 heteroatoms. The van der Waals surface area contributed by atoms with Gasteiger partial charge in [-0.15, -0.1) is 0 Å². The van der Waals surface area contributed by atoms with Crippen LogP contribution in [-0.2, 0) is 16.6 Å². The Balaban J connectivity index is 2.34. The molecule has 1 unspecified atom stereocenters. The molecular formula is C16H17ClN2O3. The van der Waals surface area contributed by atoms with Gasteiger partial charge in [0, 0.05) is 35.8 Å². The zero-order valence-electron chi connectivity index (χ0n) is 12.4. The highest BCUT2D eigenvalue weighted by molar-refractivity contribution is 6.30. The maximum atomic E-state index is 11.4. The zero-order chi connectivity index (χ0) is 16.3. The summed E-state index contributed by atoms with van der Waals surface area (Å²) in [7, 11) is 3.09. The number of hydrogen-bond donors (Lipinski definition) is 1. The second-order valence-electron chi connectivity index (χ2n) is 4.95. The number of methoxy groups -OCH3 is 1. The van der Waals surface area contributed by atoms with Crippen molar-refractivity contribution in [3.63, 3.8) is 0 Å². The van der Waals surface area contributed by atoms with Crippen molar-refractivity contribution in [2.24, 2.45) is 7.05 Å². The van der Waals surface area contributed by atoms with Crippen molar-refractivity contribution in [3.8, 4) is 11.1 Å². The summed E-state index contributed by atoms with van der Waals surface area (Å²) < 4.78 is 6.27. The van der Waals surface area contributed by atoms with Crippen LogP contribution in [0.4, 0.5) is 0 Å². The van der Waals surface area contributed by atoms with Gasteiger partial charge in [-0.3, -0.25) is 4.68 Å². The van der Waals surface area contributed by atoms with Crippen molar-refractivity contribution in [1.29, 1.82) is 0 Å². The predicted octanol–water partition coefficient (Wildman–Crippen LogP) is 2.89. The molecule has 1 heterocycles. The maximum Gasteiger partial charge on any atom is 0.333 e. The first-order valence-electron chi connectivity index (χ1n) is 6.65. The standard InChI is InChI=1S/C16H17ClN2O3/c1-10(16(21)22-3)6-15(20)13-5-4-12(17)7-14(13)11-8-18-19(2)9-11/h4-5,7-9,15,20H,1,6H2,2-3H3. The summed E-state index contributed by atoms with van der Waals surface area (Å²) in [5, 5.41) is 15.1. The number of benzene rings is 1. The van der Waals surface area contributed by atoms with E-state index in [-0.39, 0.29) is 12.0 Å². The summed E-state index contributed by atoms with van der Waals surface area (Å²) >= 11 is 6.06. The minimum absolute atomic E-state index is 0.0849. The monoisotopic (exact) mass is 320 g/mol. The van der Waals surface area contributed by atoms with E-state index in [9.17, 15) is 9.90 Å². The second kappa shape index (κ2) is 6.77. The smallest absolute Gasteiger partial charge is 0.333 e. The summed E-state index contributed by atoms with van der Waals surface area (Å²) in [6.45, 7) is 3.64. The normalized spacial score (nSPS) is 12.0. The van der Waals surface area contributed by atoms with Crippen LogP contribution in [0.3, 0.4) is 0 Å². The molecule has 0 saturated heterocycles. The first kappa shape index (κ1) is 16.3. The number of carbonyl (C=O) groups is 1. The Labute approximate surface area is 133 Å². The number of aromatic nitrogens is 2. The number of halogens is 1. The van der Waals surface area contributed by atoms with Gasteiger partial charge in [-0.2, -0.15) is 5.10 Å². The van der Waals surface area contributed by atoms with Crippen molar-refractivity contribution in [2.45, 2.75) is 12.5 Å². The fourth-order valence-electron chi connectivity index (χ4n) is 2.20. The number of carbonyl (C=O) groups excluding carboxylic acids is 1. The Morgan fingerprint density at radius 2 is 2.27 bits per heavy atom. The zero-order valence-corrected chi connectivity index (χ0v) is 13.2. The van der Waals surface area contributed by atoms with Crippen LogP contribution < -0.4 is 0 Å². The molecule has 22 heavy (non-hydrogen) atoms. The van der Waals surface area contributed by atoms with Crippen LogP contribution in [-0.4, -0.2) is 28.0 Å². The van der Waals surface area contributed by atoms with E-state index in [4.69, 9.17) is 11.6 Å². The molecule has 0 spiro atoms. The van der Waals surface area contributed by atoms with Crippen molar-refractivity contribution >= 4 is 17.6 Å². The highest BCUT2D eigenvalue weighted by Gasteiger charge is 2.19. The Morgan fingerprint density at radius 1 is 1.55 bits per heavy atom. The van der Waals surface area contributed by atoms with Gasteiger partial charge in [0.25, 0.3) is 0 Å². The molecule has 1 aromatic carbocycles. The molecule has 0 aliphatic rings. The van der Waals surface area contributed by atoms with Gasteiger partial charge < -0.3 is 9.84 Å². The quantitative estimate of drug-likeness (QED) is 0.679. The lowest BCUT2D eigenvalue weighted by Crippen LogP contribution is -2.09. The van der Waals surface area contributed by atoms with Crippen molar-refractivity contribution in [2.75, 3.05) is 7.11 Å².